The molecule has 2 nitrogen and oxygen atoms in total. The zero-order chi connectivity index (χ0) is 14.8. The van der Waals surface area contributed by atoms with E-state index < -0.39 is 24.0 Å². The molecule has 106 valence electrons. The average molecular weight is 323 g/mol. The molecular weight excluding hydrogens is 312 g/mol. The van der Waals surface area contributed by atoms with Gasteiger partial charge >= 0.3 is 58.4 Å². The number of ether oxygens (including phenoxy) is 1. The van der Waals surface area contributed by atoms with Crippen LogP contribution < -0.4 is 61.6 Å². The van der Waals surface area contributed by atoms with Crippen LogP contribution in [0, 0.1) is 12.7 Å². The molecule has 0 spiro atoms. The smallest absolute Gasteiger partial charge is 0.492 e. The number of aryl methyl sites for hydroxylation is 1. The van der Waals surface area contributed by atoms with Crippen LogP contribution in [0.5, 0.6) is 5.75 Å². The fourth-order valence-corrected chi connectivity index (χ4v) is 1.76. The zero-order valence-corrected chi connectivity index (χ0v) is 14.7. The largest absolute Gasteiger partial charge is 1.00 e. The number of aromatic nitrogens is 1. The normalized spacial score (nSPS) is 10.9. The fraction of sp³-hybridized carbons (Fsp3) is 0.154. The summed E-state index contributed by atoms with van der Waals surface area (Å²) in [7, 11) is 0. The number of hydrogen-bond acceptors (Lipinski definition) is 2. The van der Waals surface area contributed by atoms with E-state index >= 15 is 0 Å². The first-order valence-electron chi connectivity index (χ1n) is 5.89. The van der Waals surface area contributed by atoms with E-state index in [0.717, 1.165) is 17.7 Å². The van der Waals surface area contributed by atoms with Gasteiger partial charge < -0.3 is 17.7 Å². The molecule has 0 saturated carbocycles. The molecule has 1 heterocycles. The molecule has 2 rings (SSSR count). The van der Waals surface area contributed by atoms with Crippen LogP contribution in [0.1, 0.15) is 11.1 Å². The second-order valence-corrected chi connectivity index (χ2v) is 4.42. The SMILES string of the molecule is Cc1cncc(COc2cc(F)ccc2[B-](F)(F)F)c1.[K+]. The topological polar surface area (TPSA) is 22.1 Å². The molecular formula is C13H11BF4KNO. The van der Waals surface area contributed by atoms with Crippen LogP contribution in [0.2, 0.25) is 0 Å². The molecule has 0 unspecified atom stereocenters. The molecule has 0 saturated heterocycles. The number of halogens is 4. The summed E-state index contributed by atoms with van der Waals surface area (Å²) in [6.45, 7) is -3.54. The summed E-state index contributed by atoms with van der Waals surface area (Å²) in [5, 5.41) is 0. The quantitative estimate of drug-likeness (QED) is 0.591. The molecule has 0 radical (unpaired) electrons. The second kappa shape index (κ2) is 7.73. The van der Waals surface area contributed by atoms with E-state index in [2.05, 4.69) is 4.98 Å². The Morgan fingerprint density at radius 2 is 1.86 bits per heavy atom. The van der Waals surface area contributed by atoms with Crippen molar-refractivity contribution in [1.29, 1.82) is 0 Å². The third kappa shape index (κ3) is 5.37. The molecule has 0 atom stereocenters. The average Bonchev–Trinajstić information content (AvgIpc) is 2.35. The zero-order valence-electron chi connectivity index (χ0n) is 11.6. The fourth-order valence-electron chi connectivity index (χ4n) is 1.76. The van der Waals surface area contributed by atoms with Gasteiger partial charge in [-0.2, -0.15) is 0 Å². The van der Waals surface area contributed by atoms with Crippen molar-refractivity contribution in [1.82, 2.24) is 4.98 Å². The Morgan fingerprint density at radius 1 is 1.14 bits per heavy atom. The third-order valence-corrected chi connectivity index (χ3v) is 2.65. The number of benzene rings is 1. The number of hydrogen-bond donors (Lipinski definition) is 0. The molecule has 0 amide bonds. The van der Waals surface area contributed by atoms with Crippen LogP contribution in [0.3, 0.4) is 0 Å². The Bertz CT molecular complexity index is 621. The maximum Gasteiger partial charge on any atom is 1.00 e. The summed E-state index contributed by atoms with van der Waals surface area (Å²) in [6.07, 6.45) is 3.11. The van der Waals surface area contributed by atoms with Crippen LogP contribution >= 0.6 is 0 Å². The van der Waals surface area contributed by atoms with Gasteiger partial charge in [0.1, 0.15) is 12.4 Å². The Morgan fingerprint density at radius 3 is 2.48 bits per heavy atom. The molecule has 2 aromatic rings. The Balaban J connectivity index is 0.00000220. The molecule has 21 heavy (non-hydrogen) atoms. The Kier molecular flexibility index (Phi) is 6.86. The van der Waals surface area contributed by atoms with Crippen molar-refractivity contribution in [2.24, 2.45) is 0 Å². The minimum absolute atomic E-state index is 0. The van der Waals surface area contributed by atoms with E-state index in [4.69, 9.17) is 4.74 Å². The Labute approximate surface area is 162 Å². The maximum atomic E-state index is 13.1. The van der Waals surface area contributed by atoms with Gasteiger partial charge in [0.05, 0.1) is 5.75 Å². The Hall–Kier alpha value is -0.409. The van der Waals surface area contributed by atoms with E-state index in [9.17, 15) is 17.3 Å². The molecule has 1 aromatic heterocycles. The predicted molar refractivity (Wildman–Crippen MR) is 68.4 cm³/mol. The van der Waals surface area contributed by atoms with Crippen molar-refractivity contribution < 1.29 is 73.5 Å². The first-order valence-corrected chi connectivity index (χ1v) is 5.89. The summed E-state index contributed by atoms with van der Waals surface area (Å²) in [6, 6.07) is 3.95. The third-order valence-electron chi connectivity index (χ3n) is 2.65. The number of nitrogens with zero attached hydrogens (tertiary/aromatic N) is 1. The number of pyridine rings is 1. The molecule has 0 aliphatic rings. The van der Waals surface area contributed by atoms with E-state index in [0.29, 0.717) is 11.6 Å². The van der Waals surface area contributed by atoms with Crippen LogP contribution in [0.25, 0.3) is 0 Å². The van der Waals surface area contributed by atoms with Crippen molar-refractivity contribution in [3.8, 4) is 5.75 Å². The maximum absolute atomic E-state index is 13.1. The minimum atomic E-state index is -5.25. The van der Waals surface area contributed by atoms with Crippen LogP contribution in [-0.2, 0) is 6.61 Å². The summed E-state index contributed by atoms with van der Waals surface area (Å²) >= 11 is 0. The van der Waals surface area contributed by atoms with E-state index in [1.807, 2.05) is 6.92 Å². The molecule has 0 N–H and O–H groups in total. The van der Waals surface area contributed by atoms with E-state index in [1.54, 1.807) is 12.3 Å². The van der Waals surface area contributed by atoms with Gasteiger partial charge in [-0.1, -0.05) is 11.5 Å². The van der Waals surface area contributed by atoms with Crippen molar-refractivity contribution in [2.75, 3.05) is 0 Å². The van der Waals surface area contributed by atoms with Crippen molar-refractivity contribution in [3.63, 3.8) is 0 Å². The summed E-state index contributed by atoms with van der Waals surface area (Å²) in [4.78, 5) is 3.91. The van der Waals surface area contributed by atoms with Gasteiger partial charge in [-0.15, -0.1) is 0 Å². The van der Waals surface area contributed by atoms with Gasteiger partial charge in [0.15, 0.2) is 0 Å². The molecule has 1 aromatic carbocycles. The van der Waals surface area contributed by atoms with Gasteiger partial charge in [0.2, 0.25) is 0 Å². The van der Waals surface area contributed by atoms with Crippen molar-refractivity contribution in [2.45, 2.75) is 13.5 Å². The van der Waals surface area contributed by atoms with Crippen LogP contribution in [0.15, 0.2) is 36.7 Å². The van der Waals surface area contributed by atoms with Crippen LogP contribution in [-0.4, -0.2) is 12.0 Å². The summed E-state index contributed by atoms with van der Waals surface area (Å²) < 4.78 is 56.6. The minimum Gasteiger partial charge on any atom is -0.492 e. The first-order chi connectivity index (χ1) is 9.36. The van der Waals surface area contributed by atoms with Crippen molar-refractivity contribution >= 4 is 12.4 Å². The summed E-state index contributed by atoms with van der Waals surface area (Å²) in [5.41, 5.74) is 0.549. The molecule has 8 heteroatoms. The number of rotatable bonds is 4. The van der Waals surface area contributed by atoms with Gasteiger partial charge in [0.25, 0.3) is 0 Å². The van der Waals surface area contributed by atoms with Crippen LogP contribution in [0.4, 0.5) is 17.3 Å². The molecule has 0 fully saturated rings. The molecule has 0 aliphatic heterocycles. The van der Waals surface area contributed by atoms with Gasteiger partial charge in [-0.25, -0.2) is 4.39 Å². The van der Waals surface area contributed by atoms with E-state index in [1.165, 1.54) is 6.20 Å². The van der Waals surface area contributed by atoms with Crippen molar-refractivity contribution in [3.05, 3.63) is 53.6 Å². The monoisotopic (exact) mass is 323 g/mol. The van der Waals surface area contributed by atoms with E-state index in [-0.39, 0.29) is 58.0 Å². The molecule has 0 bridgehead atoms. The second-order valence-electron chi connectivity index (χ2n) is 4.42. The van der Waals surface area contributed by atoms with Gasteiger partial charge in [0, 0.05) is 24.0 Å². The first kappa shape index (κ1) is 18.6. The van der Waals surface area contributed by atoms with Gasteiger partial charge in [-0.3, -0.25) is 4.98 Å². The standard InChI is InChI=1S/C13H11BF4NO.K/c1-9-4-10(7-19-6-9)8-20-13-5-11(15)2-3-12(13)14(16,17)18;/h2-7H,8H2,1H3;/q-1;+1. The van der Waals surface area contributed by atoms with Gasteiger partial charge in [-0.05, 0) is 24.6 Å². The molecule has 0 aliphatic carbocycles. The summed E-state index contributed by atoms with van der Waals surface area (Å²) in [5.74, 6) is -1.27. The predicted octanol–water partition coefficient (Wildman–Crippen LogP) is 0.167.